The Bertz CT molecular complexity index is 453. The summed E-state index contributed by atoms with van der Waals surface area (Å²) in [7, 11) is 1.83. The summed E-state index contributed by atoms with van der Waals surface area (Å²) in [5.74, 6) is -0.373. The third kappa shape index (κ3) is 3.93. The summed E-state index contributed by atoms with van der Waals surface area (Å²) in [6, 6.07) is 7.38. The van der Waals surface area contributed by atoms with Crippen molar-refractivity contribution in [1.82, 2.24) is 5.32 Å². The molecule has 1 rings (SSSR count). The maximum atomic E-state index is 14.1. The Morgan fingerprint density at radius 2 is 2.11 bits per heavy atom. The SMILES string of the molecule is CCNC(C)c1cccc(F)c1N(C)CC(C)C#N. The molecule has 1 aromatic rings. The number of rotatable bonds is 6. The maximum absolute atomic E-state index is 14.1. The molecule has 1 aromatic carbocycles. The van der Waals surface area contributed by atoms with Gasteiger partial charge in [-0.3, -0.25) is 0 Å². The van der Waals surface area contributed by atoms with Crippen molar-refractivity contribution in [3.8, 4) is 6.07 Å². The number of nitrogens with zero attached hydrogens (tertiary/aromatic N) is 2. The molecule has 0 bridgehead atoms. The lowest BCUT2D eigenvalue weighted by atomic mass is 10.0. The average molecular weight is 263 g/mol. The molecule has 0 aliphatic carbocycles. The highest BCUT2D eigenvalue weighted by molar-refractivity contribution is 5.55. The van der Waals surface area contributed by atoms with Crippen LogP contribution in [0.15, 0.2) is 18.2 Å². The van der Waals surface area contributed by atoms with Crippen LogP contribution in [0.4, 0.5) is 10.1 Å². The number of anilines is 1. The van der Waals surface area contributed by atoms with Crippen LogP contribution < -0.4 is 10.2 Å². The van der Waals surface area contributed by atoms with E-state index in [9.17, 15) is 4.39 Å². The Hall–Kier alpha value is -1.60. The Balaban J connectivity index is 3.07. The molecule has 3 nitrogen and oxygen atoms in total. The zero-order chi connectivity index (χ0) is 14.4. The van der Waals surface area contributed by atoms with Gasteiger partial charge in [0.1, 0.15) is 5.82 Å². The molecule has 1 N–H and O–H groups in total. The second-order valence-electron chi connectivity index (χ2n) is 4.87. The van der Waals surface area contributed by atoms with E-state index >= 15 is 0 Å². The zero-order valence-corrected chi connectivity index (χ0v) is 12.1. The van der Waals surface area contributed by atoms with Crippen molar-refractivity contribution in [3.63, 3.8) is 0 Å². The van der Waals surface area contributed by atoms with Crippen molar-refractivity contribution < 1.29 is 4.39 Å². The Morgan fingerprint density at radius 3 is 2.68 bits per heavy atom. The van der Waals surface area contributed by atoms with Crippen LogP contribution in [-0.2, 0) is 0 Å². The third-order valence-electron chi connectivity index (χ3n) is 3.14. The molecule has 0 amide bonds. The average Bonchev–Trinajstić information content (AvgIpc) is 2.38. The van der Waals surface area contributed by atoms with Crippen LogP contribution in [0, 0.1) is 23.1 Å². The first kappa shape index (κ1) is 15.5. The highest BCUT2D eigenvalue weighted by Gasteiger charge is 2.18. The van der Waals surface area contributed by atoms with Crippen LogP contribution in [0.3, 0.4) is 0 Å². The van der Waals surface area contributed by atoms with Crippen LogP contribution in [0.1, 0.15) is 32.4 Å². The molecule has 0 spiro atoms. The molecule has 19 heavy (non-hydrogen) atoms. The molecule has 0 saturated carbocycles. The first-order valence-corrected chi connectivity index (χ1v) is 6.63. The fraction of sp³-hybridized carbons (Fsp3) is 0.533. The molecule has 2 unspecified atom stereocenters. The molecule has 104 valence electrons. The molecule has 0 fully saturated rings. The molecule has 0 aliphatic heterocycles. The smallest absolute Gasteiger partial charge is 0.146 e. The molecule has 0 radical (unpaired) electrons. The number of hydrogen-bond acceptors (Lipinski definition) is 3. The number of nitrogens with one attached hydrogen (secondary N) is 1. The topological polar surface area (TPSA) is 39.1 Å². The lowest BCUT2D eigenvalue weighted by Crippen LogP contribution is -2.27. The summed E-state index contributed by atoms with van der Waals surface area (Å²) in [6.07, 6.45) is 0. The van der Waals surface area contributed by atoms with Gasteiger partial charge < -0.3 is 10.2 Å². The lowest BCUT2D eigenvalue weighted by molar-refractivity contribution is 0.575. The fourth-order valence-electron chi connectivity index (χ4n) is 2.24. The highest BCUT2D eigenvalue weighted by Crippen LogP contribution is 2.29. The number of hydrogen-bond donors (Lipinski definition) is 1. The number of halogens is 1. The Kier molecular flexibility index (Phi) is 5.78. The van der Waals surface area contributed by atoms with Gasteiger partial charge in [0, 0.05) is 19.6 Å². The first-order valence-electron chi connectivity index (χ1n) is 6.63. The van der Waals surface area contributed by atoms with Gasteiger partial charge in [-0.25, -0.2) is 4.39 Å². The molecule has 4 heteroatoms. The quantitative estimate of drug-likeness (QED) is 0.857. The van der Waals surface area contributed by atoms with Gasteiger partial charge in [-0.15, -0.1) is 0 Å². The summed E-state index contributed by atoms with van der Waals surface area (Å²) >= 11 is 0. The number of nitriles is 1. The van der Waals surface area contributed by atoms with Gasteiger partial charge in [-0.1, -0.05) is 19.1 Å². The summed E-state index contributed by atoms with van der Waals surface area (Å²) in [5.41, 5.74) is 1.51. The molecular formula is C15H22FN3. The van der Waals surface area contributed by atoms with E-state index in [1.807, 2.05) is 38.8 Å². The molecule has 0 saturated heterocycles. The summed E-state index contributed by atoms with van der Waals surface area (Å²) in [5, 5.41) is 12.2. The Labute approximate surface area is 115 Å². The van der Waals surface area contributed by atoms with E-state index < -0.39 is 0 Å². The third-order valence-corrected chi connectivity index (χ3v) is 3.14. The van der Waals surface area contributed by atoms with Crippen LogP contribution >= 0.6 is 0 Å². The van der Waals surface area contributed by atoms with Crippen molar-refractivity contribution in [3.05, 3.63) is 29.6 Å². The predicted molar refractivity (Wildman–Crippen MR) is 76.5 cm³/mol. The molecule has 0 heterocycles. The van der Waals surface area contributed by atoms with E-state index in [0.717, 1.165) is 12.1 Å². The van der Waals surface area contributed by atoms with Crippen molar-refractivity contribution in [1.29, 1.82) is 5.26 Å². The van der Waals surface area contributed by atoms with Crippen molar-refractivity contribution in [2.45, 2.75) is 26.8 Å². The minimum absolute atomic E-state index is 0.0792. The van der Waals surface area contributed by atoms with Crippen molar-refractivity contribution in [2.75, 3.05) is 25.0 Å². The largest absolute Gasteiger partial charge is 0.371 e. The first-order chi connectivity index (χ1) is 9.01. The highest BCUT2D eigenvalue weighted by atomic mass is 19.1. The fourth-order valence-corrected chi connectivity index (χ4v) is 2.24. The summed E-state index contributed by atoms with van der Waals surface area (Å²) in [4.78, 5) is 1.83. The van der Waals surface area contributed by atoms with Gasteiger partial charge in [-0.05, 0) is 32.0 Å². The second kappa shape index (κ2) is 7.10. The van der Waals surface area contributed by atoms with Gasteiger partial charge in [0.05, 0.1) is 17.7 Å². The van der Waals surface area contributed by atoms with Crippen LogP contribution in [0.25, 0.3) is 0 Å². The van der Waals surface area contributed by atoms with E-state index in [1.165, 1.54) is 6.07 Å². The van der Waals surface area contributed by atoms with Crippen LogP contribution in [0.5, 0.6) is 0 Å². The van der Waals surface area contributed by atoms with Crippen molar-refractivity contribution >= 4 is 5.69 Å². The maximum Gasteiger partial charge on any atom is 0.146 e. The predicted octanol–water partition coefficient (Wildman–Crippen LogP) is 3.09. The van der Waals surface area contributed by atoms with E-state index in [4.69, 9.17) is 5.26 Å². The summed E-state index contributed by atoms with van der Waals surface area (Å²) in [6.45, 7) is 7.23. The van der Waals surface area contributed by atoms with Crippen LogP contribution in [-0.4, -0.2) is 20.1 Å². The van der Waals surface area contributed by atoms with Crippen molar-refractivity contribution in [2.24, 2.45) is 5.92 Å². The zero-order valence-electron chi connectivity index (χ0n) is 12.1. The molecular weight excluding hydrogens is 241 g/mol. The van der Waals surface area contributed by atoms with Gasteiger partial charge in [0.25, 0.3) is 0 Å². The second-order valence-corrected chi connectivity index (χ2v) is 4.87. The Morgan fingerprint density at radius 1 is 1.42 bits per heavy atom. The minimum atomic E-state index is -0.241. The van der Waals surface area contributed by atoms with Gasteiger partial charge in [0.15, 0.2) is 0 Å². The van der Waals surface area contributed by atoms with Gasteiger partial charge in [0.2, 0.25) is 0 Å². The number of benzene rings is 1. The normalized spacial score (nSPS) is 13.7. The minimum Gasteiger partial charge on any atom is -0.371 e. The van der Waals surface area contributed by atoms with Crippen LogP contribution in [0.2, 0.25) is 0 Å². The molecule has 0 aromatic heterocycles. The van der Waals surface area contributed by atoms with E-state index in [-0.39, 0.29) is 17.8 Å². The van der Waals surface area contributed by atoms with E-state index in [1.54, 1.807) is 6.07 Å². The number of para-hydroxylation sites is 1. The molecule has 2 atom stereocenters. The standard InChI is InChI=1S/C15H22FN3/c1-5-18-12(3)13-7-6-8-14(16)15(13)19(4)10-11(2)9-17/h6-8,11-12,18H,5,10H2,1-4H3. The molecule has 0 aliphatic rings. The lowest BCUT2D eigenvalue weighted by Gasteiger charge is -2.26. The van der Waals surface area contributed by atoms with E-state index in [2.05, 4.69) is 11.4 Å². The summed E-state index contributed by atoms with van der Waals surface area (Å²) < 4.78 is 14.1. The monoisotopic (exact) mass is 263 g/mol. The van der Waals surface area contributed by atoms with E-state index in [0.29, 0.717) is 12.2 Å². The van der Waals surface area contributed by atoms with Gasteiger partial charge in [-0.2, -0.15) is 5.26 Å². The van der Waals surface area contributed by atoms with Gasteiger partial charge >= 0.3 is 0 Å².